The minimum Gasteiger partial charge on any atom is -0.422 e. The van der Waals surface area contributed by atoms with E-state index >= 15 is 0 Å². The van der Waals surface area contributed by atoms with Crippen molar-refractivity contribution in [2.24, 2.45) is 5.10 Å². The molecule has 1 atom stereocenters. The Morgan fingerprint density at radius 2 is 1.62 bits per heavy atom. The molecule has 1 aliphatic rings. The van der Waals surface area contributed by atoms with Crippen LogP contribution in [-0.4, -0.2) is 18.5 Å². The third kappa shape index (κ3) is 3.50. The van der Waals surface area contributed by atoms with Gasteiger partial charge in [0.2, 0.25) is 0 Å². The predicted octanol–water partition coefficient (Wildman–Crippen LogP) is 4.64. The Bertz CT molecular complexity index is 1490. The van der Waals surface area contributed by atoms with E-state index in [2.05, 4.69) is 5.10 Å². The first-order chi connectivity index (χ1) is 15.4. The molecule has 7 heteroatoms. The van der Waals surface area contributed by atoms with Crippen LogP contribution in [0.5, 0.6) is 0 Å². The minimum atomic E-state index is -3.94. The van der Waals surface area contributed by atoms with Crippen LogP contribution in [0, 0.1) is 6.92 Å². The van der Waals surface area contributed by atoms with Gasteiger partial charge in [-0.05, 0) is 36.8 Å². The number of hydrogen-bond acceptors (Lipinski definition) is 5. The normalized spacial score (nSPS) is 16.3. The molecule has 1 unspecified atom stereocenters. The van der Waals surface area contributed by atoms with Crippen LogP contribution in [0.3, 0.4) is 0 Å². The summed E-state index contributed by atoms with van der Waals surface area (Å²) in [6.45, 7) is 1.90. The fourth-order valence-electron chi connectivity index (χ4n) is 3.88. The molecule has 3 aromatic carbocycles. The summed E-state index contributed by atoms with van der Waals surface area (Å²) >= 11 is 0. The molecular formula is C25H20N2O4S. The zero-order valence-electron chi connectivity index (χ0n) is 17.3. The molecule has 2 heterocycles. The second kappa shape index (κ2) is 7.76. The first-order valence-electron chi connectivity index (χ1n) is 10.2. The van der Waals surface area contributed by atoms with Gasteiger partial charge in [-0.15, -0.1) is 0 Å². The van der Waals surface area contributed by atoms with Gasteiger partial charge in [-0.1, -0.05) is 66.2 Å². The number of aryl methyl sites for hydroxylation is 1. The maximum absolute atomic E-state index is 13.5. The number of fused-ring (bicyclic) bond motifs is 1. The minimum absolute atomic E-state index is 0.152. The second-order valence-electron chi connectivity index (χ2n) is 7.75. The van der Waals surface area contributed by atoms with Crippen LogP contribution in [-0.2, 0) is 10.0 Å². The van der Waals surface area contributed by atoms with E-state index in [1.54, 1.807) is 42.5 Å². The summed E-state index contributed by atoms with van der Waals surface area (Å²) in [5.74, 6) is 0. The van der Waals surface area contributed by atoms with Crippen LogP contribution < -0.4 is 5.63 Å². The Morgan fingerprint density at radius 3 is 2.38 bits per heavy atom. The van der Waals surface area contributed by atoms with Crippen LogP contribution >= 0.6 is 0 Å². The summed E-state index contributed by atoms with van der Waals surface area (Å²) in [4.78, 5) is 12.9. The molecule has 0 amide bonds. The van der Waals surface area contributed by atoms with E-state index in [9.17, 15) is 13.2 Å². The molecule has 0 fully saturated rings. The number of sulfonamides is 1. The summed E-state index contributed by atoms with van der Waals surface area (Å²) in [6, 6.07) is 24.3. The number of para-hydroxylation sites is 1. The molecule has 1 aromatic heterocycles. The molecule has 0 radical (unpaired) electrons. The quantitative estimate of drug-likeness (QED) is 0.430. The van der Waals surface area contributed by atoms with Crippen molar-refractivity contribution in [2.75, 3.05) is 0 Å². The van der Waals surface area contributed by atoms with Crippen LogP contribution in [0.4, 0.5) is 0 Å². The highest BCUT2D eigenvalue weighted by Crippen LogP contribution is 2.37. The van der Waals surface area contributed by atoms with Gasteiger partial charge in [0.1, 0.15) is 5.58 Å². The van der Waals surface area contributed by atoms with Crippen LogP contribution in [0.15, 0.2) is 104 Å². The molecule has 0 saturated heterocycles. The number of benzene rings is 3. The summed E-state index contributed by atoms with van der Waals surface area (Å²) in [5, 5.41) is 5.21. The van der Waals surface area contributed by atoms with Gasteiger partial charge in [-0.3, -0.25) is 0 Å². The number of hydrazone groups is 1. The van der Waals surface area contributed by atoms with Gasteiger partial charge in [0, 0.05) is 11.8 Å². The lowest BCUT2D eigenvalue weighted by atomic mass is 9.99. The van der Waals surface area contributed by atoms with E-state index in [0.717, 1.165) is 20.9 Å². The lowest BCUT2D eigenvalue weighted by molar-refractivity contribution is 0.371. The smallest absolute Gasteiger partial charge is 0.345 e. The van der Waals surface area contributed by atoms with Gasteiger partial charge in [0.05, 0.1) is 22.2 Å². The van der Waals surface area contributed by atoms with Crippen molar-refractivity contribution < 1.29 is 12.8 Å². The molecule has 1 aliphatic heterocycles. The summed E-state index contributed by atoms with van der Waals surface area (Å²) in [5.41, 5.74) is 2.35. The predicted molar refractivity (Wildman–Crippen MR) is 123 cm³/mol. The van der Waals surface area contributed by atoms with E-state index in [1.165, 1.54) is 0 Å². The van der Waals surface area contributed by atoms with Crippen molar-refractivity contribution in [1.82, 2.24) is 4.41 Å². The highest BCUT2D eigenvalue weighted by atomic mass is 32.2. The molecule has 5 rings (SSSR count). The van der Waals surface area contributed by atoms with Crippen molar-refractivity contribution in [3.8, 4) is 0 Å². The molecule has 6 nitrogen and oxygen atoms in total. The summed E-state index contributed by atoms with van der Waals surface area (Å²) in [6.07, 6.45) is 0.262. The van der Waals surface area contributed by atoms with Crippen LogP contribution in [0.25, 0.3) is 11.0 Å². The molecule has 0 saturated carbocycles. The Kier molecular flexibility index (Phi) is 4.90. The summed E-state index contributed by atoms with van der Waals surface area (Å²) in [7, 11) is -3.94. The van der Waals surface area contributed by atoms with Crippen LogP contribution in [0.2, 0.25) is 0 Å². The van der Waals surface area contributed by atoms with Gasteiger partial charge in [-0.25, -0.2) is 4.79 Å². The first kappa shape index (κ1) is 20.2. The molecule has 0 bridgehead atoms. The lowest BCUT2D eigenvalue weighted by Crippen LogP contribution is -2.27. The Labute approximate surface area is 185 Å². The van der Waals surface area contributed by atoms with E-state index < -0.39 is 21.7 Å². The molecule has 32 heavy (non-hydrogen) atoms. The van der Waals surface area contributed by atoms with E-state index in [-0.39, 0.29) is 16.9 Å². The number of hydrogen-bond donors (Lipinski definition) is 0. The average Bonchev–Trinajstić information content (AvgIpc) is 3.26. The van der Waals surface area contributed by atoms with Gasteiger partial charge in [-0.2, -0.15) is 17.9 Å². The fraction of sp³-hybridized carbons (Fsp3) is 0.120. The number of nitrogens with zero attached hydrogens (tertiary/aromatic N) is 2. The Balaban J connectivity index is 1.65. The van der Waals surface area contributed by atoms with Gasteiger partial charge < -0.3 is 4.42 Å². The van der Waals surface area contributed by atoms with E-state index in [0.29, 0.717) is 11.3 Å². The largest absolute Gasteiger partial charge is 0.422 e. The monoisotopic (exact) mass is 444 g/mol. The third-order valence-electron chi connectivity index (χ3n) is 5.57. The first-order valence-corrected chi connectivity index (χ1v) is 11.6. The maximum atomic E-state index is 13.5. The van der Waals surface area contributed by atoms with Crippen molar-refractivity contribution in [3.63, 3.8) is 0 Å². The SMILES string of the molecule is Cc1ccc(S(=O)(=O)N2N=C(c3cc4ccccc4oc3=O)CC2c2ccccc2)cc1. The molecular weight excluding hydrogens is 424 g/mol. The van der Waals surface area contributed by atoms with Crippen molar-refractivity contribution in [1.29, 1.82) is 0 Å². The van der Waals surface area contributed by atoms with Crippen molar-refractivity contribution in [3.05, 3.63) is 112 Å². The topological polar surface area (TPSA) is 80.0 Å². The lowest BCUT2D eigenvalue weighted by Gasteiger charge is -2.23. The van der Waals surface area contributed by atoms with Gasteiger partial charge in [0.15, 0.2) is 0 Å². The Morgan fingerprint density at radius 1 is 0.938 bits per heavy atom. The summed E-state index contributed by atoms with van der Waals surface area (Å²) < 4.78 is 33.6. The average molecular weight is 445 g/mol. The second-order valence-corrected chi connectivity index (χ2v) is 9.55. The van der Waals surface area contributed by atoms with Crippen molar-refractivity contribution >= 4 is 26.7 Å². The zero-order chi connectivity index (χ0) is 22.3. The highest BCUT2D eigenvalue weighted by Gasteiger charge is 2.38. The zero-order valence-corrected chi connectivity index (χ0v) is 18.1. The molecule has 0 N–H and O–H groups in total. The molecule has 160 valence electrons. The molecule has 0 aliphatic carbocycles. The van der Waals surface area contributed by atoms with Gasteiger partial charge in [0.25, 0.3) is 10.0 Å². The Hall–Kier alpha value is -3.71. The van der Waals surface area contributed by atoms with Gasteiger partial charge >= 0.3 is 5.63 Å². The van der Waals surface area contributed by atoms with Crippen molar-refractivity contribution in [2.45, 2.75) is 24.3 Å². The third-order valence-corrected chi connectivity index (χ3v) is 7.27. The van der Waals surface area contributed by atoms with E-state index in [4.69, 9.17) is 4.42 Å². The van der Waals surface area contributed by atoms with Crippen LogP contribution in [0.1, 0.15) is 29.2 Å². The number of rotatable bonds is 4. The highest BCUT2D eigenvalue weighted by molar-refractivity contribution is 7.89. The maximum Gasteiger partial charge on any atom is 0.345 e. The molecule has 0 spiro atoms. The molecule has 4 aromatic rings. The fourth-order valence-corrected chi connectivity index (χ4v) is 5.31. The van der Waals surface area contributed by atoms with E-state index in [1.807, 2.05) is 49.4 Å². The standard InChI is InChI=1S/C25H20N2O4S/c1-17-11-13-20(14-12-17)32(29,30)27-23(18-7-3-2-4-8-18)16-22(26-27)21-15-19-9-5-6-10-24(19)31-25(21)28/h2-15,23H,16H2,1H3.